The van der Waals surface area contributed by atoms with Crippen LogP contribution in [0.4, 0.5) is 0 Å². The van der Waals surface area contributed by atoms with Crippen molar-refractivity contribution in [2.45, 2.75) is 27.7 Å². The lowest BCUT2D eigenvalue weighted by Crippen LogP contribution is -2.50. The van der Waals surface area contributed by atoms with E-state index in [0.29, 0.717) is 24.9 Å². The lowest BCUT2D eigenvalue weighted by Gasteiger charge is -2.31. The first-order valence-electron chi connectivity index (χ1n) is 8.74. The van der Waals surface area contributed by atoms with E-state index in [1.165, 1.54) is 0 Å². The fraction of sp³-hybridized carbons (Fsp3) is 0.882. The maximum Gasteiger partial charge on any atom is 0.236 e. The molecule has 0 spiro atoms. The van der Waals surface area contributed by atoms with Gasteiger partial charge in [0.15, 0.2) is 0 Å². The molecule has 0 aromatic carbocycles. The van der Waals surface area contributed by atoms with Gasteiger partial charge >= 0.3 is 0 Å². The minimum Gasteiger partial charge on any atom is -0.341 e. The predicted molar refractivity (Wildman–Crippen MR) is 93.2 cm³/mol. The third kappa shape index (κ3) is 7.79. The minimum atomic E-state index is 0.112. The standard InChI is InChI=1S/C17H34N4O2/c1-14(2)10-21(11-15(3)4)17(23)13-19(5)12-16(22)20-8-6-18-7-9-20/h14-15,18H,6-13H2,1-5H3. The van der Waals surface area contributed by atoms with Gasteiger partial charge in [-0.2, -0.15) is 0 Å². The zero-order valence-corrected chi connectivity index (χ0v) is 15.5. The Morgan fingerprint density at radius 1 is 1.00 bits per heavy atom. The molecule has 1 rings (SSSR count). The molecule has 1 aliphatic rings. The summed E-state index contributed by atoms with van der Waals surface area (Å²) in [6.07, 6.45) is 0. The lowest BCUT2D eigenvalue weighted by molar-refractivity contribution is -0.136. The second-order valence-corrected chi connectivity index (χ2v) is 7.39. The Labute approximate surface area is 141 Å². The zero-order valence-electron chi connectivity index (χ0n) is 15.5. The van der Waals surface area contributed by atoms with Gasteiger partial charge in [0.05, 0.1) is 13.1 Å². The van der Waals surface area contributed by atoms with Crippen LogP contribution in [-0.4, -0.2) is 85.9 Å². The number of carbonyl (C=O) groups excluding carboxylic acids is 2. The SMILES string of the molecule is CC(C)CN(CC(C)C)C(=O)CN(C)CC(=O)N1CCNCC1. The number of likely N-dealkylation sites (N-methyl/N-ethyl adjacent to an activating group) is 1. The number of hydrogen-bond acceptors (Lipinski definition) is 4. The molecule has 0 aromatic heterocycles. The average Bonchev–Trinajstić information content (AvgIpc) is 2.46. The normalized spacial score (nSPS) is 15.6. The number of amides is 2. The third-order valence-corrected chi connectivity index (χ3v) is 3.80. The van der Waals surface area contributed by atoms with Gasteiger partial charge in [0.25, 0.3) is 0 Å². The lowest BCUT2D eigenvalue weighted by atomic mass is 10.1. The molecule has 6 heteroatoms. The highest BCUT2D eigenvalue weighted by Gasteiger charge is 2.21. The molecule has 1 heterocycles. The van der Waals surface area contributed by atoms with Crippen LogP contribution in [0.5, 0.6) is 0 Å². The summed E-state index contributed by atoms with van der Waals surface area (Å²) in [7, 11) is 1.85. The van der Waals surface area contributed by atoms with Crippen LogP contribution in [0.15, 0.2) is 0 Å². The van der Waals surface area contributed by atoms with E-state index in [0.717, 1.165) is 39.3 Å². The van der Waals surface area contributed by atoms with Crippen LogP contribution in [0.1, 0.15) is 27.7 Å². The van der Waals surface area contributed by atoms with Gasteiger partial charge in [-0.1, -0.05) is 27.7 Å². The molecule has 2 amide bonds. The molecular weight excluding hydrogens is 292 g/mol. The first-order chi connectivity index (χ1) is 10.8. The van der Waals surface area contributed by atoms with E-state index >= 15 is 0 Å². The van der Waals surface area contributed by atoms with Crippen molar-refractivity contribution in [3.63, 3.8) is 0 Å². The molecule has 6 nitrogen and oxygen atoms in total. The topological polar surface area (TPSA) is 55.9 Å². The molecule has 0 unspecified atom stereocenters. The van der Waals surface area contributed by atoms with E-state index in [4.69, 9.17) is 0 Å². The number of nitrogens with one attached hydrogen (secondary N) is 1. The molecule has 0 bridgehead atoms. The molecule has 134 valence electrons. The molecule has 1 fully saturated rings. The van der Waals surface area contributed by atoms with Crippen LogP contribution in [0.3, 0.4) is 0 Å². The van der Waals surface area contributed by atoms with Gasteiger partial charge in [-0.15, -0.1) is 0 Å². The van der Waals surface area contributed by atoms with E-state index in [9.17, 15) is 9.59 Å². The van der Waals surface area contributed by atoms with E-state index in [-0.39, 0.29) is 11.8 Å². The fourth-order valence-electron chi connectivity index (χ4n) is 2.79. The van der Waals surface area contributed by atoms with Gasteiger partial charge in [0.2, 0.25) is 11.8 Å². The van der Waals surface area contributed by atoms with Crippen molar-refractivity contribution in [1.82, 2.24) is 20.0 Å². The number of hydrogen-bond donors (Lipinski definition) is 1. The van der Waals surface area contributed by atoms with E-state index < -0.39 is 0 Å². The van der Waals surface area contributed by atoms with Crippen LogP contribution in [-0.2, 0) is 9.59 Å². The smallest absolute Gasteiger partial charge is 0.236 e. The molecular formula is C17H34N4O2. The van der Waals surface area contributed by atoms with Crippen molar-refractivity contribution >= 4 is 11.8 Å². The Kier molecular flexibility index (Phi) is 8.55. The second kappa shape index (κ2) is 9.88. The molecule has 1 aliphatic heterocycles. The Hall–Kier alpha value is -1.14. The quantitative estimate of drug-likeness (QED) is 0.705. The Morgan fingerprint density at radius 2 is 1.52 bits per heavy atom. The summed E-state index contributed by atoms with van der Waals surface area (Å²) >= 11 is 0. The predicted octanol–water partition coefficient (Wildman–Crippen LogP) is 0.491. The number of rotatable bonds is 8. The molecule has 1 saturated heterocycles. The molecule has 0 aliphatic carbocycles. The maximum atomic E-state index is 12.5. The van der Waals surface area contributed by atoms with E-state index in [2.05, 4.69) is 33.0 Å². The van der Waals surface area contributed by atoms with Gasteiger partial charge in [0.1, 0.15) is 0 Å². The summed E-state index contributed by atoms with van der Waals surface area (Å²) in [5, 5.41) is 3.24. The van der Waals surface area contributed by atoms with Crippen molar-refractivity contribution < 1.29 is 9.59 Å². The second-order valence-electron chi connectivity index (χ2n) is 7.39. The van der Waals surface area contributed by atoms with Crippen molar-refractivity contribution in [2.75, 3.05) is 59.4 Å². The highest BCUT2D eigenvalue weighted by molar-refractivity contribution is 5.81. The molecule has 0 aromatic rings. The number of carbonyl (C=O) groups is 2. The van der Waals surface area contributed by atoms with Crippen LogP contribution in [0.25, 0.3) is 0 Å². The van der Waals surface area contributed by atoms with Crippen LogP contribution < -0.4 is 5.32 Å². The number of piperazine rings is 1. The van der Waals surface area contributed by atoms with Crippen LogP contribution >= 0.6 is 0 Å². The highest BCUT2D eigenvalue weighted by atomic mass is 16.2. The Morgan fingerprint density at radius 3 is 2.00 bits per heavy atom. The van der Waals surface area contributed by atoms with Crippen molar-refractivity contribution in [3.05, 3.63) is 0 Å². The molecule has 0 atom stereocenters. The van der Waals surface area contributed by atoms with Gasteiger partial charge < -0.3 is 15.1 Å². The van der Waals surface area contributed by atoms with E-state index in [1.54, 1.807) is 0 Å². The summed E-state index contributed by atoms with van der Waals surface area (Å²) < 4.78 is 0. The first kappa shape index (κ1) is 19.9. The van der Waals surface area contributed by atoms with Gasteiger partial charge in [0, 0.05) is 39.3 Å². The average molecular weight is 326 g/mol. The summed E-state index contributed by atoms with van der Waals surface area (Å²) in [6.45, 7) is 13.9. The van der Waals surface area contributed by atoms with Crippen LogP contribution in [0, 0.1) is 11.8 Å². The Bertz CT molecular complexity index is 369. The Balaban J connectivity index is 2.47. The molecule has 0 radical (unpaired) electrons. The summed E-state index contributed by atoms with van der Waals surface area (Å²) in [5.41, 5.74) is 0. The summed E-state index contributed by atoms with van der Waals surface area (Å²) in [6, 6.07) is 0. The largest absolute Gasteiger partial charge is 0.341 e. The molecule has 23 heavy (non-hydrogen) atoms. The number of nitrogens with zero attached hydrogens (tertiary/aromatic N) is 3. The summed E-state index contributed by atoms with van der Waals surface area (Å²) in [5.74, 6) is 1.13. The first-order valence-corrected chi connectivity index (χ1v) is 8.74. The molecule has 1 N–H and O–H groups in total. The van der Waals surface area contributed by atoms with Crippen molar-refractivity contribution in [1.29, 1.82) is 0 Å². The van der Waals surface area contributed by atoms with E-state index in [1.807, 2.05) is 21.7 Å². The van der Waals surface area contributed by atoms with Gasteiger partial charge in [-0.3, -0.25) is 14.5 Å². The molecule has 0 saturated carbocycles. The highest BCUT2D eigenvalue weighted by Crippen LogP contribution is 2.05. The van der Waals surface area contributed by atoms with Crippen molar-refractivity contribution in [3.8, 4) is 0 Å². The zero-order chi connectivity index (χ0) is 17.4. The van der Waals surface area contributed by atoms with Gasteiger partial charge in [-0.25, -0.2) is 0 Å². The third-order valence-electron chi connectivity index (χ3n) is 3.80. The minimum absolute atomic E-state index is 0.112. The maximum absolute atomic E-state index is 12.5. The summed E-state index contributed by atoms with van der Waals surface area (Å²) in [4.78, 5) is 30.4. The van der Waals surface area contributed by atoms with Crippen LogP contribution in [0.2, 0.25) is 0 Å². The van der Waals surface area contributed by atoms with Gasteiger partial charge in [-0.05, 0) is 18.9 Å². The fourth-order valence-corrected chi connectivity index (χ4v) is 2.79. The monoisotopic (exact) mass is 326 g/mol. The van der Waals surface area contributed by atoms with Crippen molar-refractivity contribution in [2.24, 2.45) is 11.8 Å².